The van der Waals surface area contributed by atoms with Gasteiger partial charge >= 0.3 is 6.03 Å². The van der Waals surface area contributed by atoms with Crippen molar-refractivity contribution in [2.45, 2.75) is 25.8 Å². The number of nitrogens with one attached hydrogen (secondary N) is 3. The molecule has 0 saturated heterocycles. The summed E-state index contributed by atoms with van der Waals surface area (Å²) in [5.41, 5.74) is 1.22. The Balaban J connectivity index is 2.39. The predicted octanol–water partition coefficient (Wildman–Crippen LogP) is 1.22. The number of carbonyl (C=O) groups is 2. The van der Waals surface area contributed by atoms with Crippen LogP contribution in [0.3, 0.4) is 0 Å². The van der Waals surface area contributed by atoms with Gasteiger partial charge in [0.2, 0.25) is 5.91 Å². The van der Waals surface area contributed by atoms with E-state index in [0.29, 0.717) is 12.5 Å². The van der Waals surface area contributed by atoms with E-state index in [4.69, 9.17) is 0 Å². The number of imide groups is 1. The maximum absolute atomic E-state index is 11.6. The molecule has 5 nitrogen and oxygen atoms in total. The first-order chi connectivity index (χ1) is 9.04. The highest BCUT2D eigenvalue weighted by molar-refractivity contribution is 5.96. The highest BCUT2D eigenvalue weighted by Gasteiger charge is 2.15. The van der Waals surface area contributed by atoms with Crippen LogP contribution in [0.4, 0.5) is 4.79 Å². The summed E-state index contributed by atoms with van der Waals surface area (Å²) < 4.78 is 0. The summed E-state index contributed by atoms with van der Waals surface area (Å²) in [6.07, 6.45) is 0. The van der Waals surface area contributed by atoms with E-state index in [9.17, 15) is 9.59 Å². The van der Waals surface area contributed by atoms with Gasteiger partial charge in [-0.3, -0.25) is 10.1 Å². The van der Waals surface area contributed by atoms with Gasteiger partial charge in [0.15, 0.2) is 0 Å². The second-order valence-electron chi connectivity index (χ2n) is 4.51. The van der Waals surface area contributed by atoms with E-state index in [0.717, 1.165) is 0 Å². The smallest absolute Gasteiger partial charge is 0.321 e. The predicted molar refractivity (Wildman–Crippen MR) is 74.9 cm³/mol. The molecular formula is C14H21N3O2. The van der Waals surface area contributed by atoms with Crippen LogP contribution in [0, 0.1) is 0 Å². The van der Waals surface area contributed by atoms with Crippen molar-refractivity contribution in [1.29, 1.82) is 0 Å². The van der Waals surface area contributed by atoms with Gasteiger partial charge in [-0.25, -0.2) is 4.79 Å². The minimum Gasteiger partial charge on any atom is -0.341 e. The van der Waals surface area contributed by atoms with Crippen LogP contribution < -0.4 is 16.0 Å². The van der Waals surface area contributed by atoms with Gasteiger partial charge in [-0.1, -0.05) is 37.3 Å². The standard InChI is InChI=1S/C14H21N3O2/c1-10(12-7-5-4-6-8-12)9-16-11(2)13(18)17-14(19)15-3/h4-8,10-11,16H,9H2,1-3H3,(H2,15,17,18,19). The first-order valence-corrected chi connectivity index (χ1v) is 6.35. The van der Waals surface area contributed by atoms with Crippen LogP contribution in [0.5, 0.6) is 0 Å². The van der Waals surface area contributed by atoms with Crippen LogP contribution in [0.1, 0.15) is 25.3 Å². The molecule has 0 aliphatic heterocycles. The zero-order chi connectivity index (χ0) is 14.3. The molecule has 1 aromatic carbocycles. The van der Waals surface area contributed by atoms with E-state index >= 15 is 0 Å². The molecule has 104 valence electrons. The molecule has 1 aromatic rings. The highest BCUT2D eigenvalue weighted by Crippen LogP contribution is 2.13. The lowest BCUT2D eigenvalue weighted by molar-refractivity contribution is -0.121. The lowest BCUT2D eigenvalue weighted by Gasteiger charge is -2.17. The summed E-state index contributed by atoms with van der Waals surface area (Å²) in [7, 11) is 1.47. The fourth-order valence-electron chi connectivity index (χ4n) is 1.63. The average Bonchev–Trinajstić information content (AvgIpc) is 2.44. The first kappa shape index (κ1) is 15.2. The number of hydrogen-bond acceptors (Lipinski definition) is 3. The number of hydrogen-bond donors (Lipinski definition) is 3. The Bertz CT molecular complexity index is 420. The summed E-state index contributed by atoms with van der Waals surface area (Å²) in [4.78, 5) is 22.6. The monoisotopic (exact) mass is 263 g/mol. The van der Waals surface area contributed by atoms with Crippen molar-refractivity contribution >= 4 is 11.9 Å². The molecule has 0 fully saturated rings. The molecule has 3 amide bonds. The summed E-state index contributed by atoms with van der Waals surface area (Å²) in [5, 5.41) is 7.70. The Labute approximate surface area is 113 Å². The molecule has 0 spiro atoms. The molecule has 2 atom stereocenters. The molecule has 5 heteroatoms. The lowest BCUT2D eigenvalue weighted by atomic mass is 10.0. The van der Waals surface area contributed by atoms with Crippen molar-refractivity contribution in [1.82, 2.24) is 16.0 Å². The van der Waals surface area contributed by atoms with Crippen LogP contribution in [-0.4, -0.2) is 31.6 Å². The molecule has 0 bridgehead atoms. The molecule has 0 aliphatic rings. The fourth-order valence-corrected chi connectivity index (χ4v) is 1.63. The minimum absolute atomic E-state index is 0.302. The third-order valence-electron chi connectivity index (χ3n) is 2.96. The first-order valence-electron chi connectivity index (χ1n) is 6.35. The third-order valence-corrected chi connectivity index (χ3v) is 2.96. The van der Waals surface area contributed by atoms with Gasteiger partial charge in [0.1, 0.15) is 0 Å². The maximum atomic E-state index is 11.6. The Morgan fingerprint density at radius 2 is 1.79 bits per heavy atom. The summed E-state index contributed by atoms with van der Waals surface area (Å²) in [6, 6.07) is 9.17. The zero-order valence-electron chi connectivity index (χ0n) is 11.6. The van der Waals surface area contributed by atoms with Crippen LogP contribution in [0.2, 0.25) is 0 Å². The largest absolute Gasteiger partial charge is 0.341 e. The van der Waals surface area contributed by atoms with Crippen molar-refractivity contribution in [3.63, 3.8) is 0 Å². The average molecular weight is 263 g/mol. The molecule has 0 radical (unpaired) electrons. The molecule has 0 aliphatic carbocycles. The Morgan fingerprint density at radius 3 is 2.37 bits per heavy atom. The summed E-state index contributed by atoms with van der Waals surface area (Å²) in [5.74, 6) is -0.0314. The van der Waals surface area contributed by atoms with Gasteiger partial charge in [-0.15, -0.1) is 0 Å². The SMILES string of the molecule is CNC(=O)NC(=O)C(C)NCC(C)c1ccccc1. The van der Waals surface area contributed by atoms with Gasteiger partial charge in [0.05, 0.1) is 6.04 Å². The Kier molecular flexibility index (Phi) is 6.02. The molecule has 19 heavy (non-hydrogen) atoms. The molecule has 3 N–H and O–H groups in total. The maximum Gasteiger partial charge on any atom is 0.321 e. The van der Waals surface area contributed by atoms with E-state index in [1.54, 1.807) is 6.92 Å². The lowest BCUT2D eigenvalue weighted by Crippen LogP contribution is -2.47. The molecular weight excluding hydrogens is 242 g/mol. The molecule has 0 saturated carbocycles. The van der Waals surface area contributed by atoms with Gasteiger partial charge in [0, 0.05) is 13.6 Å². The van der Waals surface area contributed by atoms with Gasteiger partial charge < -0.3 is 10.6 Å². The molecule has 2 unspecified atom stereocenters. The van der Waals surface area contributed by atoms with Crippen LogP contribution in [-0.2, 0) is 4.79 Å². The van der Waals surface area contributed by atoms with Gasteiger partial charge in [0.25, 0.3) is 0 Å². The number of benzene rings is 1. The van der Waals surface area contributed by atoms with Crippen LogP contribution in [0.15, 0.2) is 30.3 Å². The van der Waals surface area contributed by atoms with Crippen molar-refractivity contribution in [3.8, 4) is 0 Å². The van der Waals surface area contributed by atoms with Crippen molar-refractivity contribution in [2.24, 2.45) is 0 Å². The second kappa shape index (κ2) is 7.53. The summed E-state index contributed by atoms with van der Waals surface area (Å²) in [6.45, 7) is 4.49. The van der Waals surface area contributed by atoms with Crippen LogP contribution in [0.25, 0.3) is 0 Å². The van der Waals surface area contributed by atoms with Gasteiger partial charge in [-0.05, 0) is 18.4 Å². The second-order valence-corrected chi connectivity index (χ2v) is 4.51. The van der Waals surface area contributed by atoms with Crippen molar-refractivity contribution in [2.75, 3.05) is 13.6 Å². The topological polar surface area (TPSA) is 70.2 Å². The normalized spacial score (nSPS) is 13.4. The van der Waals surface area contributed by atoms with Gasteiger partial charge in [-0.2, -0.15) is 0 Å². The van der Waals surface area contributed by atoms with E-state index in [1.165, 1.54) is 12.6 Å². The fraction of sp³-hybridized carbons (Fsp3) is 0.429. The number of rotatable bonds is 5. The summed E-state index contributed by atoms with van der Waals surface area (Å²) >= 11 is 0. The molecule has 0 aromatic heterocycles. The zero-order valence-corrected chi connectivity index (χ0v) is 11.6. The minimum atomic E-state index is -0.491. The molecule has 1 rings (SSSR count). The van der Waals surface area contributed by atoms with Crippen molar-refractivity contribution < 1.29 is 9.59 Å². The van der Waals surface area contributed by atoms with E-state index < -0.39 is 12.1 Å². The van der Waals surface area contributed by atoms with Crippen molar-refractivity contribution in [3.05, 3.63) is 35.9 Å². The quantitative estimate of drug-likeness (QED) is 0.748. The van der Waals surface area contributed by atoms with Crippen LogP contribution >= 0.6 is 0 Å². The van der Waals surface area contributed by atoms with E-state index in [2.05, 4.69) is 35.0 Å². The Hall–Kier alpha value is -1.88. The number of carbonyl (C=O) groups excluding carboxylic acids is 2. The Morgan fingerprint density at radius 1 is 1.16 bits per heavy atom. The number of urea groups is 1. The van der Waals surface area contributed by atoms with E-state index in [1.807, 2.05) is 18.2 Å². The van der Waals surface area contributed by atoms with E-state index in [-0.39, 0.29) is 5.91 Å². The third kappa shape index (κ3) is 5.09. The number of amides is 3. The highest BCUT2D eigenvalue weighted by atomic mass is 16.2. The molecule has 0 heterocycles.